The summed E-state index contributed by atoms with van der Waals surface area (Å²) in [5, 5.41) is 16.4. The number of carboxylic acid groups (broad SMARTS) is 2. The Kier molecular flexibility index (Phi) is 8.76. The minimum Gasteiger partial charge on any atom is -0.475 e. The average Bonchev–Trinajstić information content (AvgIpc) is 3.30. The van der Waals surface area contributed by atoms with Gasteiger partial charge < -0.3 is 19.8 Å². The van der Waals surface area contributed by atoms with Crippen molar-refractivity contribution in [2.24, 2.45) is 0 Å². The van der Waals surface area contributed by atoms with E-state index in [1.54, 1.807) is 0 Å². The van der Waals surface area contributed by atoms with E-state index in [2.05, 4.69) is 42.4 Å². The Labute approximate surface area is 173 Å². The summed E-state index contributed by atoms with van der Waals surface area (Å²) in [6.07, 6.45) is 4.26. The number of carbonyl (C=O) groups is 2. The van der Waals surface area contributed by atoms with Crippen molar-refractivity contribution >= 4 is 52.7 Å². The molecule has 2 N–H and O–H groups in total. The number of hydrogen-bond acceptors (Lipinski definition) is 11. The monoisotopic (exact) mass is 445 g/mol. The summed E-state index contributed by atoms with van der Waals surface area (Å²) in [7, 11) is 2.13. The lowest BCUT2D eigenvalue weighted by Gasteiger charge is -2.22. The molecule has 0 fully saturated rings. The summed E-state index contributed by atoms with van der Waals surface area (Å²) >= 11 is 3.90. The maximum atomic E-state index is 9.10. The average molecular weight is 446 g/mol. The lowest BCUT2D eigenvalue weighted by Crippen LogP contribution is -2.25. The molecule has 0 amide bonds. The van der Waals surface area contributed by atoms with Crippen LogP contribution in [0.2, 0.25) is 0 Å². The molecule has 1 aliphatic heterocycles. The number of aliphatic carboxylic acids is 2. The first-order valence-electron chi connectivity index (χ1n) is 8.22. The Morgan fingerprint density at radius 1 is 1.18 bits per heavy atom. The van der Waals surface area contributed by atoms with Gasteiger partial charge in [-0.25, -0.2) is 9.59 Å². The standard InChI is InChI=1S/C13H17N5OS3.C2H2O4/c1-3-7-19-11-13(17-22-15-11)20-12-10(14-21-16-12)9-5-4-6-18(2)8-9;3-1(4)2(5)6/h5H,3-4,6-8H2,1-2H3;(H,3,4)(H,5,6). The molecule has 3 heterocycles. The van der Waals surface area contributed by atoms with Gasteiger partial charge in [0.15, 0.2) is 5.03 Å². The molecule has 0 aliphatic carbocycles. The van der Waals surface area contributed by atoms with Crippen LogP contribution in [-0.4, -0.2) is 71.3 Å². The lowest BCUT2D eigenvalue weighted by atomic mass is 10.1. The number of likely N-dealkylation sites (N-methyl/N-ethyl adjacent to an activating group) is 1. The summed E-state index contributed by atoms with van der Waals surface area (Å²) < 4.78 is 23.1. The molecule has 0 spiro atoms. The highest BCUT2D eigenvalue weighted by Crippen LogP contribution is 2.37. The van der Waals surface area contributed by atoms with E-state index in [4.69, 9.17) is 24.5 Å². The Balaban J connectivity index is 0.000000409. The summed E-state index contributed by atoms with van der Waals surface area (Å²) in [5.74, 6) is -3.05. The Hall–Kier alpha value is -2.09. The highest BCUT2D eigenvalue weighted by Gasteiger charge is 2.21. The Morgan fingerprint density at radius 3 is 2.50 bits per heavy atom. The first kappa shape index (κ1) is 22.2. The Bertz CT molecular complexity index is 826. The maximum absolute atomic E-state index is 9.10. The van der Waals surface area contributed by atoms with Gasteiger partial charge in [0, 0.05) is 13.1 Å². The second-order valence-corrected chi connectivity index (χ2v) is 7.64. The van der Waals surface area contributed by atoms with E-state index in [0.29, 0.717) is 12.5 Å². The summed E-state index contributed by atoms with van der Waals surface area (Å²) in [4.78, 5) is 20.5. The van der Waals surface area contributed by atoms with Gasteiger partial charge in [0.2, 0.25) is 0 Å². The third kappa shape index (κ3) is 6.51. The minimum absolute atomic E-state index is 0.602. The maximum Gasteiger partial charge on any atom is 0.414 e. The fourth-order valence-corrected chi connectivity index (χ4v) is 4.28. The third-order valence-corrected chi connectivity index (χ3v) is 5.56. The van der Waals surface area contributed by atoms with Crippen molar-refractivity contribution in [2.75, 3.05) is 26.7 Å². The highest BCUT2D eigenvalue weighted by atomic mass is 32.2. The van der Waals surface area contributed by atoms with E-state index < -0.39 is 11.9 Å². The van der Waals surface area contributed by atoms with E-state index in [1.807, 2.05) is 0 Å². The largest absolute Gasteiger partial charge is 0.475 e. The zero-order chi connectivity index (χ0) is 20.5. The topological polar surface area (TPSA) is 139 Å². The number of carboxylic acids is 2. The van der Waals surface area contributed by atoms with Crippen LogP contribution in [0.15, 0.2) is 16.1 Å². The van der Waals surface area contributed by atoms with Gasteiger partial charge >= 0.3 is 11.9 Å². The molecule has 1 aliphatic rings. The van der Waals surface area contributed by atoms with Crippen LogP contribution < -0.4 is 4.74 Å². The van der Waals surface area contributed by atoms with Crippen LogP contribution in [-0.2, 0) is 9.59 Å². The molecule has 0 radical (unpaired) electrons. The quantitative estimate of drug-likeness (QED) is 0.633. The fraction of sp³-hybridized carbons (Fsp3) is 0.467. The molecule has 3 rings (SSSR count). The molecule has 28 heavy (non-hydrogen) atoms. The van der Waals surface area contributed by atoms with Gasteiger partial charge in [-0.3, -0.25) is 0 Å². The molecule has 13 heteroatoms. The van der Waals surface area contributed by atoms with Crippen LogP contribution >= 0.6 is 35.2 Å². The fourth-order valence-electron chi connectivity index (χ4n) is 2.12. The van der Waals surface area contributed by atoms with E-state index in [1.165, 1.54) is 40.8 Å². The molecule has 0 aromatic carbocycles. The molecule has 0 bridgehead atoms. The van der Waals surface area contributed by atoms with Gasteiger partial charge in [-0.1, -0.05) is 13.0 Å². The van der Waals surface area contributed by atoms with Gasteiger partial charge in [0.1, 0.15) is 10.7 Å². The van der Waals surface area contributed by atoms with Gasteiger partial charge in [-0.15, -0.1) is 4.37 Å². The van der Waals surface area contributed by atoms with E-state index >= 15 is 0 Å². The smallest absolute Gasteiger partial charge is 0.414 e. The predicted molar refractivity (Wildman–Crippen MR) is 105 cm³/mol. The van der Waals surface area contributed by atoms with E-state index in [-0.39, 0.29) is 0 Å². The summed E-state index contributed by atoms with van der Waals surface area (Å²) in [6, 6.07) is 0. The van der Waals surface area contributed by atoms with Gasteiger partial charge in [-0.05, 0) is 37.2 Å². The highest BCUT2D eigenvalue weighted by molar-refractivity contribution is 7.99. The third-order valence-electron chi connectivity index (χ3n) is 3.35. The Morgan fingerprint density at radius 2 is 1.86 bits per heavy atom. The molecule has 2 aromatic heterocycles. The first-order chi connectivity index (χ1) is 13.4. The first-order valence-corrected chi connectivity index (χ1v) is 10.5. The number of rotatable bonds is 6. The summed E-state index contributed by atoms with van der Waals surface area (Å²) in [6.45, 7) is 4.72. The number of aromatic nitrogens is 4. The van der Waals surface area contributed by atoms with Crippen LogP contribution in [0, 0.1) is 0 Å². The van der Waals surface area contributed by atoms with Crippen molar-refractivity contribution in [3.05, 3.63) is 11.8 Å². The van der Waals surface area contributed by atoms with Crippen LogP contribution in [0.3, 0.4) is 0 Å². The number of nitrogens with zero attached hydrogens (tertiary/aromatic N) is 5. The van der Waals surface area contributed by atoms with Crippen molar-refractivity contribution in [3.63, 3.8) is 0 Å². The van der Waals surface area contributed by atoms with Gasteiger partial charge in [0.05, 0.1) is 30.1 Å². The van der Waals surface area contributed by atoms with Crippen molar-refractivity contribution in [1.82, 2.24) is 22.4 Å². The van der Waals surface area contributed by atoms with E-state index in [9.17, 15) is 0 Å². The van der Waals surface area contributed by atoms with Crippen molar-refractivity contribution in [3.8, 4) is 5.88 Å². The molecular formula is C15H19N5O5S3. The molecule has 0 saturated heterocycles. The second kappa shape index (κ2) is 11.0. The molecule has 10 nitrogen and oxygen atoms in total. The molecule has 0 saturated carbocycles. The second-order valence-electron chi connectivity index (χ2n) is 5.61. The van der Waals surface area contributed by atoms with Crippen LogP contribution in [0.1, 0.15) is 25.5 Å². The lowest BCUT2D eigenvalue weighted by molar-refractivity contribution is -0.159. The molecule has 0 atom stereocenters. The van der Waals surface area contributed by atoms with Crippen molar-refractivity contribution in [1.29, 1.82) is 0 Å². The summed E-state index contributed by atoms with van der Waals surface area (Å²) in [5.41, 5.74) is 2.21. The number of hydrogen-bond donors (Lipinski definition) is 2. The predicted octanol–water partition coefficient (Wildman–Crippen LogP) is 2.20. The van der Waals surface area contributed by atoms with Crippen molar-refractivity contribution in [2.45, 2.75) is 29.8 Å². The van der Waals surface area contributed by atoms with Gasteiger partial charge in [0.25, 0.3) is 5.88 Å². The van der Waals surface area contributed by atoms with Gasteiger partial charge in [-0.2, -0.15) is 13.1 Å². The molecule has 2 aromatic rings. The van der Waals surface area contributed by atoms with Crippen LogP contribution in [0.25, 0.3) is 5.57 Å². The normalized spacial score (nSPS) is 14.0. The zero-order valence-electron chi connectivity index (χ0n) is 15.2. The SMILES string of the molecule is CCCOc1nsnc1Sc1nsnc1C1=CCCN(C)C1.O=C(O)C(=O)O. The number of ether oxygens (including phenoxy) is 1. The molecular weight excluding hydrogens is 426 g/mol. The van der Waals surface area contributed by atoms with Crippen molar-refractivity contribution < 1.29 is 24.5 Å². The van der Waals surface area contributed by atoms with Crippen LogP contribution in [0.4, 0.5) is 0 Å². The minimum atomic E-state index is -1.82. The molecule has 0 unspecified atom stereocenters. The zero-order valence-corrected chi connectivity index (χ0v) is 17.6. The van der Waals surface area contributed by atoms with Crippen LogP contribution in [0.5, 0.6) is 5.88 Å². The molecule has 152 valence electrons. The van der Waals surface area contributed by atoms with E-state index in [0.717, 1.165) is 41.7 Å².